The van der Waals surface area contributed by atoms with Gasteiger partial charge in [-0.3, -0.25) is 14.6 Å². The lowest BCUT2D eigenvalue weighted by Crippen LogP contribution is -2.12. The van der Waals surface area contributed by atoms with Crippen LogP contribution in [0.15, 0.2) is 59.4 Å². The molecule has 2 aromatic heterocycles. The number of amides is 1. The van der Waals surface area contributed by atoms with E-state index in [1.54, 1.807) is 0 Å². The summed E-state index contributed by atoms with van der Waals surface area (Å²) >= 11 is 0. The Hall–Kier alpha value is -3.49. The molecule has 1 amide bonds. The number of rotatable bonds is 4. The van der Waals surface area contributed by atoms with Crippen LogP contribution < -0.4 is 5.32 Å². The quantitative estimate of drug-likeness (QED) is 0.718. The van der Waals surface area contributed by atoms with E-state index in [0.717, 1.165) is 0 Å². The molecule has 0 aliphatic heterocycles. The second kappa shape index (κ2) is 6.79. The van der Waals surface area contributed by atoms with Gasteiger partial charge in [0, 0.05) is 35.3 Å². The van der Waals surface area contributed by atoms with Gasteiger partial charge in [0.25, 0.3) is 5.91 Å². The van der Waals surface area contributed by atoms with Gasteiger partial charge in [0.2, 0.25) is 11.5 Å². The zero-order chi connectivity index (χ0) is 18.7. The third kappa shape index (κ3) is 3.77. The molecule has 0 aliphatic rings. The van der Waals surface area contributed by atoms with E-state index < -0.39 is 23.4 Å². The largest absolute Gasteiger partial charge is 0.452 e. The maximum absolute atomic E-state index is 12.5. The predicted molar refractivity (Wildman–Crippen MR) is 83.6 cm³/mol. The van der Waals surface area contributed by atoms with E-state index in [1.807, 2.05) is 0 Å². The van der Waals surface area contributed by atoms with E-state index in [2.05, 4.69) is 20.0 Å². The Morgan fingerprint density at radius 1 is 0.962 bits per heavy atom. The number of carbonyl (C=O) groups excluding carboxylic acids is 2. The molecule has 0 bridgehead atoms. The van der Waals surface area contributed by atoms with Crippen molar-refractivity contribution in [2.45, 2.75) is 6.18 Å². The Labute approximate surface area is 144 Å². The van der Waals surface area contributed by atoms with Crippen molar-refractivity contribution in [1.29, 1.82) is 0 Å². The molecule has 0 aliphatic carbocycles. The van der Waals surface area contributed by atoms with Crippen LogP contribution >= 0.6 is 0 Å². The van der Waals surface area contributed by atoms with Crippen LogP contribution in [-0.2, 0) is 6.18 Å². The zero-order valence-electron chi connectivity index (χ0n) is 12.9. The van der Waals surface area contributed by atoms with Crippen LogP contribution in [0.1, 0.15) is 32.2 Å². The maximum atomic E-state index is 12.5. The molecule has 1 aromatic carbocycles. The fraction of sp³-hybridized carbons (Fsp3) is 0.0588. The summed E-state index contributed by atoms with van der Waals surface area (Å²) in [7, 11) is 0. The Morgan fingerprint density at radius 2 is 1.62 bits per heavy atom. The molecule has 0 radical (unpaired) electrons. The topological polar surface area (TPSA) is 85.1 Å². The first kappa shape index (κ1) is 17.3. The number of nitrogens with one attached hydrogen (secondary N) is 1. The molecule has 6 nitrogen and oxygen atoms in total. The molecule has 132 valence electrons. The molecule has 0 spiro atoms. The van der Waals surface area contributed by atoms with Gasteiger partial charge in [-0.1, -0.05) is 5.16 Å². The minimum atomic E-state index is -4.72. The van der Waals surface area contributed by atoms with E-state index in [-0.39, 0.29) is 11.5 Å². The molecular weight excluding hydrogens is 351 g/mol. The number of halogens is 3. The van der Waals surface area contributed by atoms with Crippen molar-refractivity contribution in [3.63, 3.8) is 0 Å². The van der Waals surface area contributed by atoms with Crippen molar-refractivity contribution in [1.82, 2.24) is 10.1 Å². The Bertz CT molecular complexity index is 935. The number of alkyl halides is 3. The van der Waals surface area contributed by atoms with E-state index in [4.69, 9.17) is 0 Å². The minimum absolute atomic E-state index is 0.105. The van der Waals surface area contributed by atoms with Crippen LogP contribution in [0, 0.1) is 0 Å². The van der Waals surface area contributed by atoms with Crippen LogP contribution in [0.5, 0.6) is 0 Å². The van der Waals surface area contributed by atoms with Crippen molar-refractivity contribution in [3.05, 3.63) is 77.4 Å². The summed E-state index contributed by atoms with van der Waals surface area (Å²) in [6, 6.07) is 9.26. The normalized spacial score (nSPS) is 11.2. The van der Waals surface area contributed by atoms with Crippen molar-refractivity contribution in [3.8, 4) is 0 Å². The molecule has 0 atom stereocenters. The summed E-state index contributed by atoms with van der Waals surface area (Å²) in [6.07, 6.45) is -1.76. The highest BCUT2D eigenvalue weighted by atomic mass is 19.4. The summed E-state index contributed by atoms with van der Waals surface area (Å²) in [6.45, 7) is 0. The second-order valence-electron chi connectivity index (χ2n) is 5.17. The number of aromatic nitrogens is 2. The molecule has 3 aromatic rings. The first-order valence-corrected chi connectivity index (χ1v) is 7.24. The van der Waals surface area contributed by atoms with Gasteiger partial charge in [-0.05, 0) is 36.4 Å². The van der Waals surface area contributed by atoms with Crippen LogP contribution in [0.3, 0.4) is 0 Å². The molecule has 0 fully saturated rings. The van der Waals surface area contributed by atoms with Crippen LogP contribution in [0.25, 0.3) is 0 Å². The van der Waals surface area contributed by atoms with Gasteiger partial charge in [-0.15, -0.1) is 0 Å². The van der Waals surface area contributed by atoms with Crippen LogP contribution in [-0.4, -0.2) is 21.8 Å². The fourth-order valence-electron chi connectivity index (χ4n) is 2.08. The van der Waals surface area contributed by atoms with Gasteiger partial charge in [-0.25, -0.2) is 0 Å². The van der Waals surface area contributed by atoms with E-state index in [9.17, 15) is 22.8 Å². The Kier molecular flexibility index (Phi) is 4.53. The lowest BCUT2D eigenvalue weighted by atomic mass is 10.1. The smallest absolute Gasteiger partial charge is 0.351 e. The monoisotopic (exact) mass is 361 g/mol. The highest BCUT2D eigenvalue weighted by Crippen LogP contribution is 2.30. The van der Waals surface area contributed by atoms with Crippen molar-refractivity contribution < 1.29 is 27.3 Å². The highest BCUT2D eigenvalue weighted by Gasteiger charge is 2.36. The minimum Gasteiger partial charge on any atom is -0.351 e. The van der Waals surface area contributed by atoms with Gasteiger partial charge in [-0.2, -0.15) is 13.2 Å². The number of carbonyl (C=O) groups is 2. The number of nitrogens with zero attached hydrogens (tertiary/aromatic N) is 2. The van der Waals surface area contributed by atoms with E-state index >= 15 is 0 Å². The van der Waals surface area contributed by atoms with Gasteiger partial charge < -0.3 is 9.84 Å². The third-order valence-corrected chi connectivity index (χ3v) is 3.37. The van der Waals surface area contributed by atoms with Crippen molar-refractivity contribution in [2.75, 3.05) is 5.32 Å². The summed E-state index contributed by atoms with van der Waals surface area (Å²) in [5.74, 6) is -2.43. The van der Waals surface area contributed by atoms with Gasteiger partial charge >= 0.3 is 6.18 Å². The average molecular weight is 361 g/mol. The molecule has 1 N–H and O–H groups in total. The molecule has 26 heavy (non-hydrogen) atoms. The summed E-state index contributed by atoms with van der Waals surface area (Å²) < 4.78 is 41.6. The van der Waals surface area contributed by atoms with Crippen molar-refractivity contribution in [2.24, 2.45) is 0 Å². The molecule has 9 heteroatoms. The lowest BCUT2D eigenvalue weighted by molar-refractivity contribution is -0.155. The number of hydrogen-bond donors (Lipinski definition) is 1. The van der Waals surface area contributed by atoms with E-state index in [1.165, 1.54) is 48.8 Å². The summed E-state index contributed by atoms with van der Waals surface area (Å²) in [5, 5.41) is 5.78. The molecular formula is C17H10F3N3O3. The molecule has 0 saturated carbocycles. The molecule has 3 rings (SSSR count). The van der Waals surface area contributed by atoms with E-state index in [0.29, 0.717) is 17.3 Å². The Morgan fingerprint density at radius 3 is 2.19 bits per heavy atom. The fourth-order valence-corrected chi connectivity index (χ4v) is 2.08. The Balaban J connectivity index is 1.72. The SMILES string of the molecule is O=C(Nc1ccc(C(=O)c2cc(C(F)(F)F)on2)cc1)c1ccncc1. The van der Waals surface area contributed by atoms with Gasteiger partial charge in [0.1, 0.15) is 0 Å². The second-order valence-corrected chi connectivity index (χ2v) is 5.17. The standard InChI is InChI=1S/C17H10F3N3O3/c18-17(19,20)14-9-13(23-26-14)15(24)10-1-3-12(4-2-10)22-16(25)11-5-7-21-8-6-11/h1-9H,(H,22,25). The number of benzene rings is 1. The summed E-state index contributed by atoms with van der Waals surface area (Å²) in [4.78, 5) is 28.0. The summed E-state index contributed by atoms with van der Waals surface area (Å²) in [5.41, 5.74) is 0.474. The van der Waals surface area contributed by atoms with Gasteiger partial charge in [0.05, 0.1) is 0 Å². The van der Waals surface area contributed by atoms with Crippen LogP contribution in [0.4, 0.5) is 18.9 Å². The molecule has 0 unspecified atom stereocenters. The first-order chi connectivity index (χ1) is 12.3. The van der Waals surface area contributed by atoms with Crippen LogP contribution in [0.2, 0.25) is 0 Å². The third-order valence-electron chi connectivity index (χ3n) is 3.37. The first-order valence-electron chi connectivity index (χ1n) is 7.24. The maximum Gasteiger partial charge on any atom is 0.452 e. The average Bonchev–Trinajstić information content (AvgIpc) is 3.13. The van der Waals surface area contributed by atoms with Gasteiger partial charge in [0.15, 0.2) is 5.69 Å². The molecule has 2 heterocycles. The zero-order valence-corrected chi connectivity index (χ0v) is 12.9. The van der Waals surface area contributed by atoms with Crippen molar-refractivity contribution >= 4 is 17.4 Å². The molecule has 0 saturated heterocycles. The number of hydrogen-bond acceptors (Lipinski definition) is 5. The lowest BCUT2D eigenvalue weighted by Gasteiger charge is -2.05. The predicted octanol–water partition coefficient (Wildman–Crippen LogP) is 3.57. The number of pyridine rings is 1. The number of anilines is 1. The highest BCUT2D eigenvalue weighted by molar-refractivity contribution is 6.08. The number of ketones is 1.